The molecule has 0 saturated carbocycles. The van der Waals surface area contributed by atoms with E-state index in [4.69, 9.17) is 9.97 Å². The van der Waals surface area contributed by atoms with E-state index >= 15 is 0 Å². The molecule has 4 aromatic carbocycles. The zero-order chi connectivity index (χ0) is 31.0. The number of aromatic amines is 2. The lowest BCUT2D eigenvalue weighted by Gasteiger charge is -2.32. The molecule has 0 radical (unpaired) electrons. The maximum absolute atomic E-state index is 4.98. The molecule has 0 aliphatic carbocycles. The van der Waals surface area contributed by atoms with Crippen molar-refractivity contribution in [3.05, 3.63) is 96.1 Å². The summed E-state index contributed by atoms with van der Waals surface area (Å²) in [6.07, 6.45) is 0. The average molecular weight is 611 g/mol. The topological polar surface area (TPSA) is 70.3 Å². The van der Waals surface area contributed by atoms with Gasteiger partial charge in [-0.15, -0.1) is 0 Å². The van der Waals surface area contributed by atoms with Gasteiger partial charge in [0.2, 0.25) is 0 Å². The molecule has 0 unspecified atom stereocenters. The minimum atomic E-state index is 0.903. The Kier molecular flexibility index (Phi) is 7.88. The molecule has 234 valence electrons. The second-order valence-electron chi connectivity index (χ2n) is 13.2. The van der Waals surface area contributed by atoms with E-state index in [2.05, 4.69) is 129 Å². The van der Waals surface area contributed by atoms with Crippen molar-refractivity contribution in [1.29, 1.82) is 0 Å². The van der Waals surface area contributed by atoms with Gasteiger partial charge in [0.1, 0.15) is 11.6 Å². The summed E-state index contributed by atoms with van der Waals surface area (Å²) < 4.78 is 0. The molecule has 4 heterocycles. The number of nitrogens with zero attached hydrogens (tertiary/aromatic N) is 6. The average Bonchev–Trinajstić information content (AvgIpc) is 3.71. The van der Waals surface area contributed by atoms with Gasteiger partial charge in [0.25, 0.3) is 0 Å². The highest BCUT2D eigenvalue weighted by atomic mass is 15.2. The van der Waals surface area contributed by atoms with Crippen molar-refractivity contribution >= 4 is 22.1 Å². The zero-order valence-electron chi connectivity index (χ0n) is 26.8. The number of H-pyrrole nitrogens is 2. The molecule has 2 N–H and O–H groups in total. The second-order valence-corrected chi connectivity index (χ2v) is 13.2. The molecule has 6 aromatic rings. The molecule has 8 heteroatoms. The first-order valence-corrected chi connectivity index (χ1v) is 16.5. The number of imidazole rings is 2. The fraction of sp³-hybridized carbons (Fsp3) is 0.316. The van der Waals surface area contributed by atoms with E-state index in [0.29, 0.717) is 0 Å². The summed E-state index contributed by atoms with van der Waals surface area (Å²) in [7, 11) is 4.40. The van der Waals surface area contributed by atoms with Crippen LogP contribution in [0, 0.1) is 0 Å². The van der Waals surface area contributed by atoms with Crippen LogP contribution >= 0.6 is 0 Å². The lowest BCUT2D eigenvalue weighted by atomic mass is 10.0. The Labute approximate surface area is 270 Å². The maximum Gasteiger partial charge on any atom is 0.138 e. The summed E-state index contributed by atoms with van der Waals surface area (Å²) >= 11 is 0. The number of hydrogen-bond donors (Lipinski definition) is 2. The molecule has 0 amide bonds. The fourth-order valence-electron chi connectivity index (χ4n) is 6.71. The molecular formula is C38H42N8. The Morgan fingerprint density at radius 2 is 0.848 bits per heavy atom. The Morgan fingerprint density at radius 1 is 0.478 bits per heavy atom. The van der Waals surface area contributed by atoms with Crippen molar-refractivity contribution in [3.8, 4) is 33.9 Å². The van der Waals surface area contributed by atoms with Crippen molar-refractivity contribution in [2.75, 3.05) is 66.5 Å². The smallest absolute Gasteiger partial charge is 0.138 e. The number of fused-ring (bicyclic) bond motifs is 2. The van der Waals surface area contributed by atoms with Crippen molar-refractivity contribution in [1.82, 2.24) is 39.5 Å². The summed E-state index contributed by atoms with van der Waals surface area (Å²) in [5, 5.41) is 0. The molecule has 46 heavy (non-hydrogen) atoms. The van der Waals surface area contributed by atoms with Gasteiger partial charge in [0.05, 0.1) is 22.1 Å². The molecule has 2 aliphatic heterocycles. The van der Waals surface area contributed by atoms with Crippen LogP contribution in [0.3, 0.4) is 0 Å². The maximum atomic E-state index is 4.98. The van der Waals surface area contributed by atoms with Gasteiger partial charge < -0.3 is 19.8 Å². The van der Waals surface area contributed by atoms with Crippen LogP contribution in [0.5, 0.6) is 0 Å². The van der Waals surface area contributed by atoms with Gasteiger partial charge in [-0.3, -0.25) is 9.80 Å². The SMILES string of the molecule is CN1CCN(Cc2ccc(-c3nc4cc(-c5ccc6[nH]c(-c7ccc(CN8CCN(C)CC8)cc7)nc6c5)ccc4[nH]3)cc2)CC1. The number of nitrogens with one attached hydrogen (secondary N) is 2. The van der Waals surface area contributed by atoms with Crippen LogP contribution in [-0.2, 0) is 13.1 Å². The summed E-state index contributed by atoms with van der Waals surface area (Å²) in [6.45, 7) is 11.1. The van der Waals surface area contributed by atoms with Gasteiger partial charge >= 0.3 is 0 Å². The van der Waals surface area contributed by atoms with Crippen LogP contribution < -0.4 is 0 Å². The van der Waals surface area contributed by atoms with Gasteiger partial charge in [0.15, 0.2) is 0 Å². The van der Waals surface area contributed by atoms with E-state index in [1.807, 2.05) is 0 Å². The monoisotopic (exact) mass is 610 g/mol. The largest absolute Gasteiger partial charge is 0.338 e. The number of likely N-dealkylation sites (N-methyl/N-ethyl adjacent to an activating group) is 2. The number of aromatic nitrogens is 4. The first-order valence-electron chi connectivity index (χ1n) is 16.5. The van der Waals surface area contributed by atoms with Crippen LogP contribution in [0.1, 0.15) is 11.1 Å². The Bertz CT molecular complexity index is 1800. The molecule has 2 saturated heterocycles. The predicted octanol–water partition coefficient (Wildman–Crippen LogP) is 5.94. The molecule has 2 fully saturated rings. The van der Waals surface area contributed by atoms with Gasteiger partial charge in [-0.05, 0) is 60.6 Å². The lowest BCUT2D eigenvalue weighted by Crippen LogP contribution is -2.43. The van der Waals surface area contributed by atoms with Crippen molar-refractivity contribution in [3.63, 3.8) is 0 Å². The van der Waals surface area contributed by atoms with Crippen molar-refractivity contribution in [2.24, 2.45) is 0 Å². The van der Waals surface area contributed by atoms with Gasteiger partial charge in [-0.25, -0.2) is 9.97 Å². The fourth-order valence-corrected chi connectivity index (χ4v) is 6.71. The molecule has 2 aliphatic rings. The van der Waals surface area contributed by atoms with Crippen molar-refractivity contribution < 1.29 is 0 Å². The van der Waals surface area contributed by atoms with Crippen LogP contribution in [0.4, 0.5) is 0 Å². The number of rotatable bonds is 7. The van der Waals surface area contributed by atoms with Crippen LogP contribution in [0.2, 0.25) is 0 Å². The summed E-state index contributed by atoms with van der Waals surface area (Å²) in [5.41, 5.74) is 11.2. The van der Waals surface area contributed by atoms with Gasteiger partial charge in [0, 0.05) is 76.6 Å². The Balaban J connectivity index is 0.966. The zero-order valence-corrected chi connectivity index (χ0v) is 26.8. The second kappa shape index (κ2) is 12.5. The Morgan fingerprint density at radius 3 is 1.24 bits per heavy atom. The van der Waals surface area contributed by atoms with Gasteiger partial charge in [-0.2, -0.15) is 0 Å². The number of benzene rings is 4. The summed E-state index contributed by atoms with van der Waals surface area (Å²) in [4.78, 5) is 26.9. The molecule has 0 bridgehead atoms. The molecular weight excluding hydrogens is 568 g/mol. The van der Waals surface area contributed by atoms with Crippen LogP contribution in [0.25, 0.3) is 56.0 Å². The quantitative estimate of drug-likeness (QED) is 0.233. The third-order valence-electron chi connectivity index (χ3n) is 9.76. The minimum absolute atomic E-state index is 0.903. The predicted molar refractivity (Wildman–Crippen MR) is 188 cm³/mol. The minimum Gasteiger partial charge on any atom is -0.338 e. The third kappa shape index (κ3) is 6.22. The summed E-state index contributed by atoms with van der Waals surface area (Å²) in [5.74, 6) is 1.81. The third-order valence-corrected chi connectivity index (χ3v) is 9.76. The Hall–Kier alpha value is -4.34. The molecule has 8 nitrogen and oxygen atoms in total. The van der Waals surface area contributed by atoms with E-state index in [1.54, 1.807) is 0 Å². The number of hydrogen-bond acceptors (Lipinski definition) is 6. The van der Waals surface area contributed by atoms with Gasteiger partial charge in [-0.1, -0.05) is 60.7 Å². The van der Waals surface area contributed by atoms with Crippen LogP contribution in [0.15, 0.2) is 84.9 Å². The van der Waals surface area contributed by atoms with Crippen molar-refractivity contribution in [2.45, 2.75) is 13.1 Å². The van der Waals surface area contributed by atoms with E-state index in [1.165, 1.54) is 11.1 Å². The van der Waals surface area contributed by atoms with Crippen LogP contribution in [-0.4, -0.2) is 106 Å². The highest BCUT2D eigenvalue weighted by Crippen LogP contribution is 2.29. The highest BCUT2D eigenvalue weighted by Gasteiger charge is 2.16. The molecule has 8 rings (SSSR count). The molecule has 2 aromatic heterocycles. The summed E-state index contributed by atoms with van der Waals surface area (Å²) in [6, 6.07) is 30.6. The molecule has 0 atom stereocenters. The molecule has 0 spiro atoms. The first-order chi connectivity index (χ1) is 22.5. The van der Waals surface area contributed by atoms with E-state index < -0.39 is 0 Å². The van der Waals surface area contributed by atoms with E-state index in [0.717, 1.165) is 121 Å². The first kappa shape index (κ1) is 29.1. The highest BCUT2D eigenvalue weighted by molar-refractivity contribution is 5.88. The van der Waals surface area contributed by atoms with E-state index in [9.17, 15) is 0 Å². The lowest BCUT2D eigenvalue weighted by molar-refractivity contribution is 0.148. The van der Waals surface area contributed by atoms with E-state index in [-0.39, 0.29) is 0 Å². The standard InChI is InChI=1S/C38H42N8/c1-43-15-19-45(20-16-43)25-27-3-7-29(8-4-27)37-39-33-13-11-31(23-35(33)41-37)32-12-14-34-36(24-32)42-38(40-34)30-9-5-28(6-10-30)26-46-21-17-44(2)18-22-46/h3-14,23-24H,15-22,25-26H2,1-2H3,(H,39,41)(H,40,42). The number of piperazine rings is 2. The normalized spacial score (nSPS) is 17.3.